The first-order chi connectivity index (χ1) is 18.9. The zero-order valence-electron chi connectivity index (χ0n) is 23.1. The zero-order valence-corrected chi connectivity index (χ0v) is 23.9. The minimum atomic E-state index is -1.39. The van der Waals surface area contributed by atoms with E-state index in [0.717, 1.165) is 44.0 Å². The van der Waals surface area contributed by atoms with E-state index in [9.17, 15) is 9.35 Å². The van der Waals surface area contributed by atoms with Crippen molar-refractivity contribution in [2.75, 3.05) is 46.2 Å². The highest BCUT2D eigenvalue weighted by molar-refractivity contribution is 7.91. The van der Waals surface area contributed by atoms with Crippen LogP contribution in [0.2, 0.25) is 0 Å². The molecule has 1 atom stereocenters. The monoisotopic (exact) mass is 553 g/mol. The van der Waals surface area contributed by atoms with Crippen molar-refractivity contribution in [1.29, 1.82) is 0 Å². The molecule has 1 unspecified atom stereocenters. The Hall–Kier alpha value is -3.01. The van der Waals surface area contributed by atoms with Crippen LogP contribution in [-0.4, -0.2) is 66.5 Å². The van der Waals surface area contributed by atoms with Crippen LogP contribution in [0.5, 0.6) is 11.5 Å². The van der Waals surface area contributed by atoms with Gasteiger partial charge in [-0.1, -0.05) is 30.3 Å². The topological polar surface area (TPSA) is 99.9 Å². The Morgan fingerprint density at radius 2 is 1.87 bits per heavy atom. The van der Waals surface area contributed by atoms with E-state index in [-0.39, 0.29) is 17.4 Å². The van der Waals surface area contributed by atoms with Crippen LogP contribution in [0.25, 0.3) is 11.5 Å². The van der Waals surface area contributed by atoms with Crippen molar-refractivity contribution >= 4 is 17.1 Å². The van der Waals surface area contributed by atoms with Crippen molar-refractivity contribution in [2.24, 2.45) is 5.92 Å². The van der Waals surface area contributed by atoms with Gasteiger partial charge in [0.05, 0.1) is 14.2 Å². The van der Waals surface area contributed by atoms with Crippen molar-refractivity contribution in [2.45, 2.75) is 38.4 Å². The molecule has 9 heteroatoms. The summed E-state index contributed by atoms with van der Waals surface area (Å²) in [5.41, 5.74) is 2.74. The molecule has 1 aromatic heterocycles. The summed E-state index contributed by atoms with van der Waals surface area (Å²) in [6, 6.07) is 16.1. The Bertz CT molecular complexity index is 1190. The number of nitrogens with zero attached hydrogens (tertiary/aromatic N) is 2. The van der Waals surface area contributed by atoms with Gasteiger partial charge in [-0.2, -0.15) is 0 Å². The van der Waals surface area contributed by atoms with Gasteiger partial charge in [0, 0.05) is 12.1 Å². The number of hydrogen-bond acceptors (Lipinski definition) is 7. The number of benzene rings is 2. The molecule has 1 aliphatic rings. The summed E-state index contributed by atoms with van der Waals surface area (Å²) in [5, 5.41) is 2.92. The molecule has 1 aliphatic heterocycles. The molecule has 1 N–H and O–H groups in total. The largest absolute Gasteiger partial charge is 0.616 e. The molecular formula is C30H39N3O5S. The van der Waals surface area contributed by atoms with Gasteiger partial charge in [-0.25, -0.2) is 4.98 Å². The highest BCUT2D eigenvalue weighted by Crippen LogP contribution is 2.33. The fraction of sp³-hybridized carbons (Fsp3) is 0.467. The third-order valence-corrected chi connectivity index (χ3v) is 8.34. The lowest BCUT2D eigenvalue weighted by atomic mass is 9.90. The smallest absolute Gasteiger partial charge is 0.269 e. The number of carbonyl (C=O) groups is 1. The molecule has 1 fully saturated rings. The number of ether oxygens (including phenoxy) is 2. The van der Waals surface area contributed by atoms with Crippen molar-refractivity contribution in [3.05, 3.63) is 65.5 Å². The summed E-state index contributed by atoms with van der Waals surface area (Å²) >= 11 is -1.39. The first kappa shape index (κ1) is 29.0. The SMILES string of the molecule is COc1ccc(-c2nc(C[S+]([O-])CC(=O)NCCCN3CCC(Cc4ccccc4)CC3)c(C)o2)cc1OC. The van der Waals surface area contributed by atoms with Gasteiger partial charge in [-0.3, -0.25) is 4.79 Å². The van der Waals surface area contributed by atoms with E-state index >= 15 is 0 Å². The van der Waals surface area contributed by atoms with Crippen molar-refractivity contribution in [1.82, 2.24) is 15.2 Å². The highest BCUT2D eigenvalue weighted by Gasteiger charge is 2.21. The molecule has 0 radical (unpaired) electrons. The van der Waals surface area contributed by atoms with Gasteiger partial charge in [-0.15, -0.1) is 0 Å². The first-order valence-corrected chi connectivity index (χ1v) is 15.0. The fourth-order valence-corrected chi connectivity index (χ4v) is 6.02. The summed E-state index contributed by atoms with van der Waals surface area (Å²) in [4.78, 5) is 19.4. The number of amides is 1. The molecule has 0 spiro atoms. The average molecular weight is 554 g/mol. The summed E-state index contributed by atoms with van der Waals surface area (Å²) in [6.45, 7) is 5.56. The minimum Gasteiger partial charge on any atom is -0.616 e. The summed E-state index contributed by atoms with van der Waals surface area (Å²) in [6.07, 6.45) is 4.48. The maximum Gasteiger partial charge on any atom is 0.269 e. The summed E-state index contributed by atoms with van der Waals surface area (Å²) in [5.74, 6) is 2.84. The Morgan fingerprint density at radius 1 is 1.13 bits per heavy atom. The average Bonchev–Trinajstić information content (AvgIpc) is 3.31. The van der Waals surface area contributed by atoms with Crippen LogP contribution < -0.4 is 14.8 Å². The Labute approximate surface area is 234 Å². The van der Waals surface area contributed by atoms with Gasteiger partial charge in [-0.05, 0) is 93.1 Å². The molecule has 210 valence electrons. The van der Waals surface area contributed by atoms with Crippen molar-refractivity contribution < 1.29 is 23.2 Å². The number of rotatable bonds is 13. The molecule has 0 aliphatic carbocycles. The number of methoxy groups -OCH3 is 2. The van der Waals surface area contributed by atoms with Crippen LogP contribution in [0.1, 0.15) is 36.3 Å². The molecule has 3 aromatic rings. The second kappa shape index (κ2) is 14.4. The number of aromatic nitrogens is 1. The molecule has 39 heavy (non-hydrogen) atoms. The first-order valence-electron chi connectivity index (χ1n) is 13.5. The lowest BCUT2D eigenvalue weighted by Gasteiger charge is -2.32. The van der Waals surface area contributed by atoms with Crippen LogP contribution >= 0.6 is 0 Å². The number of likely N-dealkylation sites (tertiary alicyclic amines) is 1. The molecule has 0 bridgehead atoms. The number of oxazole rings is 1. The van der Waals surface area contributed by atoms with Gasteiger partial charge in [0.15, 0.2) is 23.0 Å². The number of hydrogen-bond donors (Lipinski definition) is 1. The zero-order chi connectivity index (χ0) is 27.6. The number of carbonyl (C=O) groups excluding carboxylic acids is 1. The molecular weight excluding hydrogens is 514 g/mol. The predicted octanol–water partition coefficient (Wildman–Crippen LogP) is 4.38. The van der Waals surface area contributed by atoms with Crippen LogP contribution in [0.15, 0.2) is 52.9 Å². The molecule has 0 saturated carbocycles. The summed E-state index contributed by atoms with van der Waals surface area (Å²) < 4.78 is 29.1. The van der Waals surface area contributed by atoms with Crippen LogP contribution in [0.3, 0.4) is 0 Å². The molecule has 2 heterocycles. The lowest BCUT2D eigenvalue weighted by molar-refractivity contribution is -0.118. The Kier molecular flexibility index (Phi) is 10.7. The third kappa shape index (κ3) is 8.49. The second-order valence-corrected chi connectivity index (χ2v) is 11.5. The molecule has 8 nitrogen and oxygen atoms in total. The van der Waals surface area contributed by atoms with E-state index in [1.807, 2.05) is 6.07 Å². The van der Waals surface area contributed by atoms with E-state index in [0.29, 0.717) is 35.4 Å². The molecule has 1 amide bonds. The number of piperidine rings is 1. The van der Waals surface area contributed by atoms with Crippen LogP contribution in [-0.2, 0) is 28.1 Å². The third-order valence-electron chi connectivity index (χ3n) is 7.16. The second-order valence-electron chi connectivity index (χ2n) is 10.00. The van der Waals surface area contributed by atoms with E-state index in [1.165, 1.54) is 18.4 Å². The van der Waals surface area contributed by atoms with E-state index in [2.05, 4.69) is 45.5 Å². The number of nitrogens with one attached hydrogen (secondary N) is 1. The molecule has 1 saturated heterocycles. The number of aryl methyl sites for hydroxylation is 1. The van der Waals surface area contributed by atoms with Gasteiger partial charge in [0.25, 0.3) is 5.91 Å². The predicted molar refractivity (Wildman–Crippen MR) is 153 cm³/mol. The maximum absolute atomic E-state index is 12.7. The van der Waals surface area contributed by atoms with Crippen molar-refractivity contribution in [3.8, 4) is 23.0 Å². The summed E-state index contributed by atoms with van der Waals surface area (Å²) in [7, 11) is 3.14. The van der Waals surface area contributed by atoms with E-state index in [1.54, 1.807) is 33.3 Å². The van der Waals surface area contributed by atoms with E-state index < -0.39 is 11.2 Å². The minimum absolute atomic E-state index is 0.0527. The van der Waals surface area contributed by atoms with E-state index in [4.69, 9.17) is 13.9 Å². The van der Waals surface area contributed by atoms with Gasteiger partial charge < -0.3 is 28.7 Å². The van der Waals surface area contributed by atoms with Gasteiger partial charge in [0.1, 0.15) is 11.5 Å². The fourth-order valence-electron chi connectivity index (χ4n) is 4.95. The van der Waals surface area contributed by atoms with Gasteiger partial charge in [0.2, 0.25) is 5.89 Å². The van der Waals surface area contributed by atoms with Crippen LogP contribution in [0, 0.1) is 12.8 Å². The maximum atomic E-state index is 12.7. The quantitative estimate of drug-likeness (QED) is 0.248. The highest BCUT2D eigenvalue weighted by atomic mass is 32.2. The molecule has 2 aromatic carbocycles. The Balaban J connectivity index is 1.14. The lowest BCUT2D eigenvalue weighted by Crippen LogP contribution is -2.37. The van der Waals surface area contributed by atoms with Crippen molar-refractivity contribution in [3.63, 3.8) is 0 Å². The Morgan fingerprint density at radius 3 is 2.59 bits per heavy atom. The van der Waals surface area contributed by atoms with Crippen LogP contribution in [0.4, 0.5) is 0 Å². The van der Waals surface area contributed by atoms with Gasteiger partial charge >= 0.3 is 0 Å². The normalized spacial score (nSPS) is 15.2. The molecule has 4 rings (SSSR count). The standard InChI is InChI=1S/C30H39N3O5S/c1-22-26(32-30(38-22)25-10-11-27(36-2)28(19-25)37-3)20-39(35)21-29(34)31-14-7-15-33-16-12-24(13-17-33)18-23-8-5-4-6-9-23/h4-6,8-11,19,24H,7,12-18,20-21H2,1-3H3,(H,31,34).